The second-order valence-electron chi connectivity index (χ2n) is 3.94. The summed E-state index contributed by atoms with van der Waals surface area (Å²) >= 11 is 0. The zero-order chi connectivity index (χ0) is 12.5. The molecule has 0 radical (unpaired) electrons. The molecule has 0 atom stereocenters. The van der Waals surface area contributed by atoms with Crippen LogP contribution in [0.2, 0.25) is 0 Å². The van der Waals surface area contributed by atoms with Crippen molar-refractivity contribution in [1.82, 2.24) is 15.0 Å². The lowest BCUT2D eigenvalue weighted by Gasteiger charge is -2.06. The van der Waals surface area contributed by atoms with Crippen LogP contribution < -0.4 is 11.5 Å². The van der Waals surface area contributed by atoms with Gasteiger partial charge in [0.05, 0.1) is 5.52 Å². The Morgan fingerprint density at radius 1 is 1.00 bits per heavy atom. The van der Waals surface area contributed by atoms with Crippen LogP contribution in [0.4, 0.5) is 11.8 Å². The van der Waals surface area contributed by atoms with E-state index >= 15 is 0 Å². The first-order valence-electron chi connectivity index (χ1n) is 5.47. The fourth-order valence-corrected chi connectivity index (χ4v) is 1.87. The highest BCUT2D eigenvalue weighted by Crippen LogP contribution is 2.26. The van der Waals surface area contributed by atoms with Crippen LogP contribution in [0.1, 0.15) is 0 Å². The highest BCUT2D eigenvalue weighted by atomic mass is 15.0. The molecule has 5 nitrogen and oxygen atoms in total. The molecule has 2 aromatic heterocycles. The molecule has 0 aliphatic heterocycles. The van der Waals surface area contributed by atoms with Gasteiger partial charge >= 0.3 is 0 Å². The van der Waals surface area contributed by atoms with E-state index < -0.39 is 0 Å². The van der Waals surface area contributed by atoms with Crippen molar-refractivity contribution in [2.45, 2.75) is 0 Å². The normalized spacial score (nSPS) is 10.7. The van der Waals surface area contributed by atoms with E-state index in [4.69, 9.17) is 11.5 Å². The third-order valence-electron chi connectivity index (χ3n) is 2.75. The molecule has 0 unspecified atom stereocenters. The van der Waals surface area contributed by atoms with E-state index in [1.54, 1.807) is 12.4 Å². The average molecular weight is 237 g/mol. The first kappa shape index (κ1) is 10.5. The first-order chi connectivity index (χ1) is 8.74. The number of hydrogen-bond acceptors (Lipinski definition) is 5. The van der Waals surface area contributed by atoms with Crippen LogP contribution in [0, 0.1) is 0 Å². The van der Waals surface area contributed by atoms with Crippen LogP contribution in [-0.4, -0.2) is 15.0 Å². The zero-order valence-electron chi connectivity index (χ0n) is 9.54. The molecule has 3 aromatic rings. The monoisotopic (exact) mass is 237 g/mol. The minimum atomic E-state index is 0.176. The molecule has 0 bridgehead atoms. The van der Waals surface area contributed by atoms with E-state index in [-0.39, 0.29) is 5.95 Å². The fourth-order valence-electron chi connectivity index (χ4n) is 1.87. The van der Waals surface area contributed by atoms with Gasteiger partial charge in [-0.1, -0.05) is 18.2 Å². The Labute approximate surface area is 104 Å². The Morgan fingerprint density at radius 2 is 1.89 bits per heavy atom. The number of pyridine rings is 1. The number of nitrogens with zero attached hydrogens (tertiary/aromatic N) is 3. The Bertz CT molecular complexity index is 723. The predicted molar refractivity (Wildman–Crippen MR) is 71.6 cm³/mol. The molecular formula is C13H11N5. The molecule has 3 rings (SSSR count). The molecule has 0 spiro atoms. The van der Waals surface area contributed by atoms with Gasteiger partial charge in [0, 0.05) is 23.3 Å². The lowest BCUT2D eigenvalue weighted by molar-refractivity contribution is 1.20. The van der Waals surface area contributed by atoms with Crippen LogP contribution in [-0.2, 0) is 0 Å². The van der Waals surface area contributed by atoms with E-state index in [2.05, 4.69) is 15.0 Å². The molecular weight excluding hydrogens is 226 g/mol. The summed E-state index contributed by atoms with van der Waals surface area (Å²) in [5.41, 5.74) is 13.9. The first-order valence-corrected chi connectivity index (χ1v) is 5.47. The predicted octanol–water partition coefficient (Wildman–Crippen LogP) is 1.86. The van der Waals surface area contributed by atoms with E-state index in [0.29, 0.717) is 5.82 Å². The summed E-state index contributed by atoms with van der Waals surface area (Å²) in [5, 5.41) is 1.08. The van der Waals surface area contributed by atoms with Gasteiger partial charge in [0.2, 0.25) is 5.95 Å². The maximum atomic E-state index is 5.85. The Kier molecular flexibility index (Phi) is 2.30. The second kappa shape index (κ2) is 3.96. The van der Waals surface area contributed by atoms with E-state index in [0.717, 1.165) is 22.0 Å². The van der Waals surface area contributed by atoms with Gasteiger partial charge in [0.15, 0.2) is 0 Å². The Morgan fingerprint density at radius 3 is 2.72 bits per heavy atom. The topological polar surface area (TPSA) is 90.7 Å². The van der Waals surface area contributed by atoms with Crippen molar-refractivity contribution in [3.63, 3.8) is 0 Å². The molecule has 2 heterocycles. The van der Waals surface area contributed by atoms with Gasteiger partial charge in [-0.3, -0.25) is 4.98 Å². The van der Waals surface area contributed by atoms with Gasteiger partial charge in [-0.15, -0.1) is 0 Å². The van der Waals surface area contributed by atoms with E-state index in [1.807, 2.05) is 30.3 Å². The summed E-state index contributed by atoms with van der Waals surface area (Å²) in [6.07, 6.45) is 3.39. The molecule has 88 valence electrons. The number of nitrogen functional groups attached to an aromatic ring is 2. The van der Waals surface area contributed by atoms with Crippen molar-refractivity contribution < 1.29 is 0 Å². The minimum Gasteiger partial charge on any atom is -0.383 e. The number of rotatable bonds is 1. The van der Waals surface area contributed by atoms with Crippen molar-refractivity contribution in [1.29, 1.82) is 0 Å². The van der Waals surface area contributed by atoms with E-state index in [1.165, 1.54) is 0 Å². The molecule has 0 saturated heterocycles. The fraction of sp³-hybridized carbons (Fsp3) is 0. The van der Waals surface area contributed by atoms with Gasteiger partial charge in [0.1, 0.15) is 5.82 Å². The van der Waals surface area contributed by atoms with Crippen LogP contribution in [0.15, 0.2) is 42.7 Å². The van der Waals surface area contributed by atoms with E-state index in [9.17, 15) is 0 Å². The molecule has 4 N–H and O–H groups in total. The number of hydrogen-bond donors (Lipinski definition) is 2. The summed E-state index contributed by atoms with van der Waals surface area (Å²) in [6.45, 7) is 0. The largest absolute Gasteiger partial charge is 0.383 e. The lowest BCUT2D eigenvalue weighted by atomic mass is 10.1. The Hall–Kier alpha value is -2.69. The van der Waals surface area contributed by atoms with Crippen LogP contribution >= 0.6 is 0 Å². The number of benzene rings is 1. The van der Waals surface area contributed by atoms with Gasteiger partial charge in [-0.25, -0.2) is 4.98 Å². The van der Waals surface area contributed by atoms with Crippen LogP contribution in [0.3, 0.4) is 0 Å². The third kappa shape index (κ3) is 1.71. The SMILES string of the molecule is Nc1ncc(-c2ccc3cccnc3c2)c(N)n1. The Balaban J connectivity index is 2.19. The maximum absolute atomic E-state index is 5.85. The third-order valence-corrected chi connectivity index (χ3v) is 2.75. The number of fused-ring (bicyclic) bond motifs is 1. The quantitative estimate of drug-likeness (QED) is 0.674. The standard InChI is InChI=1S/C13H11N5/c14-12-10(7-17-13(15)18-12)9-4-3-8-2-1-5-16-11(8)6-9/h1-7H,(H4,14,15,17,18). The van der Waals surface area contributed by atoms with Gasteiger partial charge in [0.25, 0.3) is 0 Å². The second-order valence-corrected chi connectivity index (χ2v) is 3.94. The molecule has 0 saturated carbocycles. The highest BCUT2D eigenvalue weighted by molar-refractivity contribution is 5.86. The zero-order valence-corrected chi connectivity index (χ0v) is 9.54. The molecule has 18 heavy (non-hydrogen) atoms. The average Bonchev–Trinajstić information content (AvgIpc) is 2.38. The van der Waals surface area contributed by atoms with Crippen LogP contribution in [0.5, 0.6) is 0 Å². The van der Waals surface area contributed by atoms with Crippen molar-refractivity contribution >= 4 is 22.7 Å². The van der Waals surface area contributed by atoms with Gasteiger partial charge in [-0.05, 0) is 17.7 Å². The summed E-state index contributed by atoms with van der Waals surface area (Å²) < 4.78 is 0. The molecule has 1 aromatic carbocycles. The maximum Gasteiger partial charge on any atom is 0.221 e. The van der Waals surface area contributed by atoms with Crippen molar-refractivity contribution in [3.8, 4) is 11.1 Å². The highest BCUT2D eigenvalue weighted by Gasteiger charge is 2.06. The smallest absolute Gasteiger partial charge is 0.221 e. The van der Waals surface area contributed by atoms with Gasteiger partial charge in [-0.2, -0.15) is 4.98 Å². The molecule has 0 amide bonds. The molecule has 0 aliphatic carbocycles. The molecule has 0 fully saturated rings. The lowest BCUT2D eigenvalue weighted by Crippen LogP contribution is -2.00. The minimum absolute atomic E-state index is 0.176. The number of aromatic nitrogens is 3. The summed E-state index contributed by atoms with van der Waals surface area (Å²) in [5.74, 6) is 0.549. The van der Waals surface area contributed by atoms with Crippen LogP contribution in [0.25, 0.3) is 22.0 Å². The molecule has 5 heteroatoms. The summed E-state index contributed by atoms with van der Waals surface area (Å²) in [7, 11) is 0. The summed E-state index contributed by atoms with van der Waals surface area (Å²) in [4.78, 5) is 12.2. The van der Waals surface area contributed by atoms with Crippen molar-refractivity contribution in [2.24, 2.45) is 0 Å². The van der Waals surface area contributed by atoms with Crippen molar-refractivity contribution in [3.05, 3.63) is 42.7 Å². The number of nitrogens with two attached hydrogens (primary N) is 2. The number of anilines is 2. The van der Waals surface area contributed by atoms with Crippen molar-refractivity contribution in [2.75, 3.05) is 11.5 Å². The van der Waals surface area contributed by atoms with Gasteiger partial charge < -0.3 is 11.5 Å². The molecule has 0 aliphatic rings. The summed E-state index contributed by atoms with van der Waals surface area (Å²) in [6, 6.07) is 9.83.